The van der Waals surface area contributed by atoms with Gasteiger partial charge in [0.15, 0.2) is 5.69 Å². The molecule has 3 atom stereocenters. The van der Waals surface area contributed by atoms with Gasteiger partial charge in [0.2, 0.25) is 0 Å². The Morgan fingerprint density at radius 2 is 1.69 bits per heavy atom. The van der Waals surface area contributed by atoms with Gasteiger partial charge in [-0.25, -0.2) is 9.59 Å². The van der Waals surface area contributed by atoms with Crippen LogP contribution in [0.1, 0.15) is 28.9 Å². The van der Waals surface area contributed by atoms with E-state index >= 15 is 0 Å². The number of aromatic nitrogens is 2. The fourth-order valence-electron chi connectivity index (χ4n) is 4.98. The molecule has 0 bridgehead atoms. The van der Waals surface area contributed by atoms with Gasteiger partial charge >= 0.3 is 12.0 Å². The molecule has 5 rings (SSSR count). The van der Waals surface area contributed by atoms with Gasteiger partial charge in [0.1, 0.15) is 5.75 Å². The summed E-state index contributed by atoms with van der Waals surface area (Å²) in [6.45, 7) is 2.94. The summed E-state index contributed by atoms with van der Waals surface area (Å²) in [5, 5.41) is 13.1. The number of carbonyl (C=O) groups is 2. The summed E-state index contributed by atoms with van der Waals surface area (Å²) in [6.07, 6.45) is 3.44. The van der Waals surface area contributed by atoms with Crippen LogP contribution in [0.4, 0.5) is 4.79 Å². The van der Waals surface area contributed by atoms with Gasteiger partial charge in [-0.2, -0.15) is 9.78 Å². The van der Waals surface area contributed by atoms with Crippen LogP contribution in [0.15, 0.2) is 60.8 Å². The molecule has 1 aromatic heterocycles. The summed E-state index contributed by atoms with van der Waals surface area (Å²) < 4.78 is 7.47. The van der Waals surface area contributed by atoms with Crippen LogP contribution in [0.25, 0.3) is 11.1 Å². The van der Waals surface area contributed by atoms with Crippen LogP contribution in [0.3, 0.4) is 0 Å². The average Bonchev–Trinajstić information content (AvgIpc) is 3.47. The van der Waals surface area contributed by atoms with Crippen LogP contribution < -0.4 is 4.74 Å². The van der Waals surface area contributed by atoms with E-state index in [9.17, 15) is 14.7 Å². The first-order valence-electron chi connectivity index (χ1n) is 10.9. The fraction of sp³-hybridized carbons (Fsp3) is 0.320. The smallest absolute Gasteiger partial charge is 0.356 e. The lowest BCUT2D eigenvalue weighted by atomic mass is 10.0. The Morgan fingerprint density at radius 3 is 2.34 bits per heavy atom. The van der Waals surface area contributed by atoms with E-state index in [1.54, 1.807) is 11.8 Å². The Kier molecular flexibility index (Phi) is 5.17. The molecule has 1 saturated carbocycles. The summed E-state index contributed by atoms with van der Waals surface area (Å²) in [6, 6.07) is 18.2. The molecule has 2 heterocycles. The van der Waals surface area contributed by atoms with Crippen molar-refractivity contribution in [3.63, 3.8) is 0 Å². The van der Waals surface area contributed by atoms with Crippen LogP contribution >= 0.6 is 0 Å². The fourth-order valence-corrected chi connectivity index (χ4v) is 4.98. The number of ether oxygens (including phenoxy) is 1. The summed E-state index contributed by atoms with van der Waals surface area (Å²) in [5.74, 6) is 0.523. The number of benzene rings is 2. The molecule has 1 amide bonds. The van der Waals surface area contributed by atoms with Crippen molar-refractivity contribution in [3.05, 3.63) is 72.1 Å². The van der Waals surface area contributed by atoms with Gasteiger partial charge in [-0.1, -0.05) is 42.5 Å². The minimum Gasteiger partial charge on any atom is -0.490 e. The molecule has 0 unspecified atom stereocenters. The summed E-state index contributed by atoms with van der Waals surface area (Å²) in [4.78, 5) is 25.8. The Hall–Kier alpha value is -3.61. The van der Waals surface area contributed by atoms with Gasteiger partial charge in [-0.15, -0.1) is 0 Å². The third kappa shape index (κ3) is 3.86. The van der Waals surface area contributed by atoms with Crippen molar-refractivity contribution in [3.8, 4) is 16.9 Å². The number of carbonyl (C=O) groups excluding carboxylic acids is 1. The Bertz CT molecular complexity index is 1140. The molecule has 2 aromatic carbocycles. The predicted molar refractivity (Wildman–Crippen MR) is 119 cm³/mol. The number of aromatic carboxylic acids is 1. The average molecular weight is 431 g/mol. The normalized spacial score (nSPS) is 22.0. The number of amides is 1. The van der Waals surface area contributed by atoms with E-state index in [4.69, 9.17) is 4.74 Å². The van der Waals surface area contributed by atoms with Gasteiger partial charge in [-0.05, 0) is 54.9 Å². The van der Waals surface area contributed by atoms with Gasteiger partial charge in [0, 0.05) is 24.8 Å². The second kappa shape index (κ2) is 8.15. The number of fused-ring (bicyclic) bond motifs is 1. The van der Waals surface area contributed by atoms with E-state index in [0.29, 0.717) is 30.5 Å². The van der Waals surface area contributed by atoms with E-state index in [0.717, 1.165) is 34.4 Å². The van der Waals surface area contributed by atoms with E-state index in [-0.39, 0.29) is 17.8 Å². The maximum Gasteiger partial charge on any atom is 0.356 e. The molecule has 1 aliphatic heterocycles. The van der Waals surface area contributed by atoms with Gasteiger partial charge < -0.3 is 14.7 Å². The first kappa shape index (κ1) is 20.3. The second-order valence-electron chi connectivity index (χ2n) is 8.72. The minimum atomic E-state index is -1.12. The molecule has 0 spiro atoms. The van der Waals surface area contributed by atoms with Crippen molar-refractivity contribution in [2.75, 3.05) is 13.1 Å². The number of nitrogens with zero attached hydrogens (tertiary/aromatic N) is 3. The molecule has 7 heteroatoms. The zero-order chi connectivity index (χ0) is 22.2. The van der Waals surface area contributed by atoms with Crippen molar-refractivity contribution >= 4 is 12.0 Å². The van der Waals surface area contributed by atoms with Crippen LogP contribution in [0.2, 0.25) is 0 Å². The third-order valence-corrected chi connectivity index (χ3v) is 6.52. The summed E-state index contributed by atoms with van der Waals surface area (Å²) in [7, 11) is 0. The number of hydrogen-bond acceptors (Lipinski definition) is 4. The molecule has 32 heavy (non-hydrogen) atoms. The molecule has 1 N–H and O–H groups in total. The third-order valence-electron chi connectivity index (χ3n) is 6.52. The number of carboxylic acids is 1. The molecular weight excluding hydrogens is 406 g/mol. The summed E-state index contributed by atoms with van der Waals surface area (Å²) >= 11 is 0. The molecule has 164 valence electrons. The lowest BCUT2D eigenvalue weighted by Gasteiger charge is -2.20. The monoisotopic (exact) mass is 431 g/mol. The first-order chi connectivity index (χ1) is 15.5. The van der Waals surface area contributed by atoms with Crippen LogP contribution in [0.5, 0.6) is 5.75 Å². The largest absolute Gasteiger partial charge is 0.490 e. The highest BCUT2D eigenvalue weighted by Gasteiger charge is 2.43. The number of hydrogen-bond donors (Lipinski definition) is 1. The van der Waals surface area contributed by atoms with E-state index in [1.807, 2.05) is 30.3 Å². The molecule has 3 aromatic rings. The highest BCUT2D eigenvalue weighted by molar-refractivity contribution is 5.88. The van der Waals surface area contributed by atoms with Crippen molar-refractivity contribution in [1.29, 1.82) is 0 Å². The van der Waals surface area contributed by atoms with Crippen molar-refractivity contribution in [2.24, 2.45) is 11.8 Å². The molecule has 2 fully saturated rings. The number of carboxylic acid groups (broad SMARTS) is 1. The lowest BCUT2D eigenvalue weighted by Crippen LogP contribution is -2.34. The van der Waals surface area contributed by atoms with Crippen LogP contribution in [-0.4, -0.2) is 51.0 Å². The molecule has 0 radical (unpaired) electrons. The second-order valence-corrected chi connectivity index (χ2v) is 8.72. The standard InChI is InChI=1S/C25H25N3O4/c1-16-13-28(26-23(16)24(29)30)25(31)27-14-19-11-22(12-20(19)15-27)32-21-9-5-8-18(10-21)17-6-3-2-4-7-17/h2-10,13,19-20,22H,11-12,14-15H2,1H3,(H,29,30)/t19-,20+,22+. The number of likely N-dealkylation sites (tertiary alicyclic amines) is 1. The first-order valence-corrected chi connectivity index (χ1v) is 10.9. The van der Waals surface area contributed by atoms with Gasteiger partial charge in [-0.3, -0.25) is 0 Å². The maximum atomic E-state index is 12.8. The Balaban J connectivity index is 1.21. The van der Waals surface area contributed by atoms with Crippen molar-refractivity contribution in [2.45, 2.75) is 25.9 Å². The predicted octanol–water partition coefficient (Wildman–Crippen LogP) is 4.31. The molecule has 1 saturated heterocycles. The zero-order valence-corrected chi connectivity index (χ0v) is 17.8. The molecule has 7 nitrogen and oxygen atoms in total. The molecule has 1 aliphatic carbocycles. The number of aryl methyl sites for hydroxylation is 1. The Labute approximate surface area is 186 Å². The highest BCUT2D eigenvalue weighted by atomic mass is 16.5. The molecule has 2 aliphatic rings. The lowest BCUT2D eigenvalue weighted by molar-refractivity contribution is 0.0689. The SMILES string of the molecule is Cc1cn(C(=O)N2C[C@H]3C[C@H](Oc4cccc(-c5ccccc5)c4)C[C@H]3C2)nc1C(=O)O. The van der Waals surface area contributed by atoms with Gasteiger partial charge in [0.25, 0.3) is 0 Å². The van der Waals surface area contributed by atoms with Crippen molar-refractivity contribution < 1.29 is 19.4 Å². The van der Waals surface area contributed by atoms with E-state index < -0.39 is 5.97 Å². The Morgan fingerprint density at radius 1 is 1.00 bits per heavy atom. The van der Waals surface area contributed by atoms with E-state index in [1.165, 1.54) is 6.20 Å². The quantitative estimate of drug-likeness (QED) is 0.665. The summed E-state index contributed by atoms with van der Waals surface area (Å²) in [5.41, 5.74) is 2.70. The maximum absolute atomic E-state index is 12.8. The van der Waals surface area contributed by atoms with Crippen LogP contribution in [-0.2, 0) is 0 Å². The van der Waals surface area contributed by atoms with Gasteiger partial charge in [0.05, 0.1) is 6.10 Å². The minimum absolute atomic E-state index is 0.0797. The molecular formula is C25H25N3O4. The zero-order valence-electron chi connectivity index (χ0n) is 17.8. The number of rotatable bonds is 4. The van der Waals surface area contributed by atoms with E-state index in [2.05, 4.69) is 29.4 Å². The topological polar surface area (TPSA) is 84.7 Å². The highest BCUT2D eigenvalue weighted by Crippen LogP contribution is 2.40. The van der Waals surface area contributed by atoms with Crippen molar-refractivity contribution in [1.82, 2.24) is 14.7 Å². The van der Waals surface area contributed by atoms with Crippen LogP contribution in [0, 0.1) is 18.8 Å².